The molecular formula is C7H14N2O. The van der Waals surface area contributed by atoms with E-state index in [1.54, 1.807) is 0 Å². The van der Waals surface area contributed by atoms with E-state index in [0.717, 1.165) is 26.2 Å². The Morgan fingerprint density at radius 3 is 3.30 bits per heavy atom. The van der Waals surface area contributed by atoms with Gasteiger partial charge in [-0.3, -0.25) is 5.32 Å². The average molecular weight is 142 g/mol. The molecule has 0 aromatic carbocycles. The van der Waals surface area contributed by atoms with E-state index in [1.165, 1.54) is 0 Å². The van der Waals surface area contributed by atoms with Gasteiger partial charge in [-0.25, -0.2) is 0 Å². The van der Waals surface area contributed by atoms with Crippen molar-refractivity contribution >= 4 is 0 Å². The van der Waals surface area contributed by atoms with Gasteiger partial charge < -0.3 is 10.1 Å². The molecule has 0 bridgehead atoms. The lowest BCUT2D eigenvalue weighted by molar-refractivity contribution is 0.00934. The fourth-order valence-corrected chi connectivity index (χ4v) is 0.911. The van der Waals surface area contributed by atoms with Crippen molar-refractivity contribution in [2.45, 2.75) is 6.23 Å². The van der Waals surface area contributed by atoms with Gasteiger partial charge >= 0.3 is 0 Å². The number of rotatable bonds is 3. The lowest BCUT2D eigenvalue weighted by atomic mass is 10.4. The minimum absolute atomic E-state index is 0.173. The van der Waals surface area contributed by atoms with Crippen LogP contribution in [0.4, 0.5) is 0 Å². The van der Waals surface area contributed by atoms with Gasteiger partial charge in [0.05, 0.1) is 6.61 Å². The largest absolute Gasteiger partial charge is 0.361 e. The van der Waals surface area contributed by atoms with Crippen LogP contribution < -0.4 is 10.6 Å². The third-order valence-electron chi connectivity index (χ3n) is 1.42. The molecule has 0 radical (unpaired) electrons. The Morgan fingerprint density at radius 2 is 2.70 bits per heavy atom. The monoisotopic (exact) mass is 142 g/mol. The van der Waals surface area contributed by atoms with Gasteiger partial charge in [-0.1, -0.05) is 6.08 Å². The van der Waals surface area contributed by atoms with Crippen LogP contribution in [-0.2, 0) is 4.74 Å². The Morgan fingerprint density at radius 1 is 1.80 bits per heavy atom. The van der Waals surface area contributed by atoms with E-state index in [1.807, 2.05) is 6.08 Å². The summed E-state index contributed by atoms with van der Waals surface area (Å²) in [7, 11) is 0. The second-order valence-corrected chi connectivity index (χ2v) is 2.26. The van der Waals surface area contributed by atoms with Gasteiger partial charge in [0.1, 0.15) is 6.23 Å². The van der Waals surface area contributed by atoms with Crippen LogP contribution in [0.25, 0.3) is 0 Å². The first-order valence-corrected chi connectivity index (χ1v) is 3.60. The highest BCUT2D eigenvalue weighted by molar-refractivity contribution is 4.73. The van der Waals surface area contributed by atoms with Crippen molar-refractivity contribution in [2.75, 3.05) is 26.2 Å². The Labute approximate surface area is 61.4 Å². The Bertz CT molecular complexity index is 99.8. The van der Waals surface area contributed by atoms with Gasteiger partial charge in [0.15, 0.2) is 0 Å². The van der Waals surface area contributed by atoms with Crippen LogP contribution in [0.3, 0.4) is 0 Å². The molecule has 3 nitrogen and oxygen atoms in total. The maximum absolute atomic E-state index is 5.36. The molecule has 1 fully saturated rings. The summed E-state index contributed by atoms with van der Waals surface area (Å²) in [5, 5.41) is 6.39. The van der Waals surface area contributed by atoms with Crippen LogP contribution in [0.5, 0.6) is 0 Å². The third kappa shape index (κ3) is 2.47. The summed E-state index contributed by atoms with van der Waals surface area (Å²) in [6.07, 6.45) is 2.00. The summed E-state index contributed by atoms with van der Waals surface area (Å²) < 4.78 is 5.36. The first-order valence-electron chi connectivity index (χ1n) is 3.60. The van der Waals surface area contributed by atoms with Crippen LogP contribution in [-0.4, -0.2) is 32.5 Å². The molecule has 1 heterocycles. The van der Waals surface area contributed by atoms with Crippen LogP contribution in [0.2, 0.25) is 0 Å². The molecule has 1 aliphatic heterocycles. The number of hydrogen-bond acceptors (Lipinski definition) is 3. The molecule has 0 aromatic rings. The topological polar surface area (TPSA) is 33.3 Å². The summed E-state index contributed by atoms with van der Waals surface area (Å²) >= 11 is 0. The zero-order valence-electron chi connectivity index (χ0n) is 6.10. The highest BCUT2D eigenvalue weighted by Crippen LogP contribution is 1.89. The quantitative estimate of drug-likeness (QED) is 0.531. The summed E-state index contributed by atoms with van der Waals surface area (Å²) in [5.74, 6) is 0. The van der Waals surface area contributed by atoms with Gasteiger partial charge in [0, 0.05) is 19.6 Å². The number of morpholine rings is 1. The van der Waals surface area contributed by atoms with E-state index in [2.05, 4.69) is 17.2 Å². The summed E-state index contributed by atoms with van der Waals surface area (Å²) in [5.41, 5.74) is 0. The van der Waals surface area contributed by atoms with E-state index < -0.39 is 0 Å². The van der Waals surface area contributed by atoms with Gasteiger partial charge in [0.2, 0.25) is 0 Å². The lowest BCUT2D eigenvalue weighted by Gasteiger charge is -2.23. The van der Waals surface area contributed by atoms with E-state index >= 15 is 0 Å². The van der Waals surface area contributed by atoms with Crippen molar-refractivity contribution in [3.05, 3.63) is 12.7 Å². The molecule has 0 aliphatic carbocycles. The van der Waals surface area contributed by atoms with Crippen molar-refractivity contribution in [2.24, 2.45) is 0 Å². The van der Waals surface area contributed by atoms with Crippen molar-refractivity contribution in [3.63, 3.8) is 0 Å². The van der Waals surface area contributed by atoms with Crippen LogP contribution in [0.15, 0.2) is 12.7 Å². The average Bonchev–Trinajstić information content (AvgIpc) is 2.03. The van der Waals surface area contributed by atoms with E-state index in [-0.39, 0.29) is 6.23 Å². The second kappa shape index (κ2) is 4.44. The number of nitrogens with one attached hydrogen (secondary N) is 2. The highest BCUT2D eigenvalue weighted by Gasteiger charge is 2.10. The molecule has 0 amide bonds. The molecule has 1 saturated heterocycles. The summed E-state index contributed by atoms with van der Waals surface area (Å²) in [4.78, 5) is 0. The molecule has 58 valence electrons. The molecule has 0 aromatic heterocycles. The minimum Gasteiger partial charge on any atom is -0.361 e. The van der Waals surface area contributed by atoms with Crippen molar-refractivity contribution in [1.29, 1.82) is 0 Å². The molecule has 0 spiro atoms. The van der Waals surface area contributed by atoms with Crippen molar-refractivity contribution < 1.29 is 4.74 Å². The van der Waals surface area contributed by atoms with Crippen molar-refractivity contribution in [3.8, 4) is 0 Å². The van der Waals surface area contributed by atoms with Crippen LogP contribution >= 0.6 is 0 Å². The van der Waals surface area contributed by atoms with Crippen molar-refractivity contribution in [1.82, 2.24) is 10.6 Å². The molecule has 1 unspecified atom stereocenters. The highest BCUT2D eigenvalue weighted by atomic mass is 16.5. The standard InChI is InChI=1S/C7H14N2O/c1-2-3-9-7-6-8-4-5-10-7/h2,7-9H,1,3-6H2. The van der Waals surface area contributed by atoms with Crippen LogP contribution in [0, 0.1) is 0 Å². The van der Waals surface area contributed by atoms with E-state index in [0.29, 0.717) is 0 Å². The Hall–Kier alpha value is -0.380. The van der Waals surface area contributed by atoms with Gasteiger partial charge in [-0.2, -0.15) is 0 Å². The maximum atomic E-state index is 5.36. The molecule has 1 rings (SSSR count). The minimum atomic E-state index is 0.173. The fraction of sp³-hybridized carbons (Fsp3) is 0.714. The first kappa shape index (κ1) is 7.72. The molecule has 10 heavy (non-hydrogen) atoms. The summed E-state index contributed by atoms with van der Waals surface area (Å²) in [6, 6.07) is 0. The predicted octanol–water partition coefficient (Wildman–Crippen LogP) is -0.292. The number of ether oxygens (including phenoxy) is 1. The Balaban J connectivity index is 2.07. The van der Waals surface area contributed by atoms with Crippen LogP contribution in [0.1, 0.15) is 0 Å². The van der Waals surface area contributed by atoms with Gasteiger partial charge in [-0.15, -0.1) is 6.58 Å². The first-order chi connectivity index (χ1) is 4.93. The normalized spacial score (nSPS) is 26.2. The zero-order chi connectivity index (χ0) is 7.23. The molecule has 0 saturated carbocycles. The molecule has 3 heteroatoms. The lowest BCUT2D eigenvalue weighted by Crippen LogP contribution is -2.46. The van der Waals surface area contributed by atoms with E-state index in [4.69, 9.17) is 4.74 Å². The molecular weight excluding hydrogens is 128 g/mol. The zero-order valence-corrected chi connectivity index (χ0v) is 6.10. The Kier molecular flexibility index (Phi) is 3.43. The molecule has 1 atom stereocenters. The van der Waals surface area contributed by atoms with Gasteiger partial charge in [0.25, 0.3) is 0 Å². The maximum Gasteiger partial charge on any atom is 0.121 e. The second-order valence-electron chi connectivity index (χ2n) is 2.26. The third-order valence-corrected chi connectivity index (χ3v) is 1.42. The molecule has 2 N–H and O–H groups in total. The van der Waals surface area contributed by atoms with E-state index in [9.17, 15) is 0 Å². The smallest absolute Gasteiger partial charge is 0.121 e. The molecule has 1 aliphatic rings. The number of hydrogen-bond donors (Lipinski definition) is 2. The predicted molar refractivity (Wildman–Crippen MR) is 40.8 cm³/mol. The SMILES string of the molecule is C=CCNC1CNCCO1. The summed E-state index contributed by atoms with van der Waals surface area (Å²) in [6.45, 7) is 7.08. The van der Waals surface area contributed by atoms with Gasteiger partial charge in [-0.05, 0) is 0 Å². The fourth-order valence-electron chi connectivity index (χ4n) is 0.911.